The van der Waals surface area contributed by atoms with E-state index in [0.29, 0.717) is 0 Å². The quantitative estimate of drug-likeness (QED) is 0.523. The fourth-order valence-corrected chi connectivity index (χ4v) is 0. The van der Waals surface area contributed by atoms with Gasteiger partial charge in [-0.25, -0.2) is 0 Å². The molecule has 6 heavy (non-hydrogen) atoms. The zero-order valence-electron chi connectivity index (χ0n) is 2.83. The molecule has 0 aliphatic carbocycles. The average molecular weight is 362 g/mol. The summed E-state index contributed by atoms with van der Waals surface area (Å²) in [5, 5.41) is 0. The molecule has 0 aromatic heterocycles. The summed E-state index contributed by atoms with van der Waals surface area (Å²) in [6, 6.07) is 0. The van der Waals surface area contributed by atoms with E-state index in [9.17, 15) is 0 Å². The standard InChI is InChI=1S/Cd.2H2O.2O.W/h;2*1H2;;;/q;;;;;+2/p-2. The Morgan fingerprint density at radius 2 is 1.17 bits per heavy atom. The third-order valence-electron chi connectivity index (χ3n) is 0. The van der Waals surface area contributed by atoms with Crippen molar-refractivity contribution in [2.75, 3.05) is 0 Å². The van der Waals surface area contributed by atoms with Crippen molar-refractivity contribution in [1.29, 1.82) is 0 Å². The molecule has 0 saturated carbocycles. The predicted molar refractivity (Wildman–Crippen MR) is 5.81 cm³/mol. The second-order valence-corrected chi connectivity index (χ2v) is 3.67. The van der Waals surface area contributed by atoms with Crippen LogP contribution in [0.2, 0.25) is 0 Å². The number of hydrogen-bond donors (Lipinski definition) is 2. The fourth-order valence-electron chi connectivity index (χ4n) is 0. The Kier molecular flexibility index (Phi) is 5.39. The van der Waals surface area contributed by atoms with Crippen molar-refractivity contribution < 1.29 is 58.4 Å². The van der Waals surface area contributed by atoms with E-state index < -0.39 is 16.7 Å². The SMILES string of the molecule is [Cd].[O]=[W](=[O])([OH])[OH]. The van der Waals surface area contributed by atoms with E-state index in [1.54, 1.807) is 0 Å². The molecular formula is H2CdO4W. The maximum atomic E-state index is 8.87. The molecule has 34 valence electrons. The van der Waals surface area contributed by atoms with Crippen LogP contribution in [0.3, 0.4) is 0 Å². The number of hydrogen-bond acceptors (Lipinski definition) is 2. The summed E-state index contributed by atoms with van der Waals surface area (Å²) in [6.45, 7) is 0. The van der Waals surface area contributed by atoms with Crippen molar-refractivity contribution in [1.82, 2.24) is 0 Å². The Morgan fingerprint density at radius 3 is 1.17 bits per heavy atom. The minimum absolute atomic E-state index is 0. The molecule has 0 heterocycles. The van der Waals surface area contributed by atoms with E-state index >= 15 is 0 Å². The van der Waals surface area contributed by atoms with Crippen LogP contribution in [0.1, 0.15) is 0 Å². The van der Waals surface area contributed by atoms with E-state index in [2.05, 4.69) is 0 Å². The van der Waals surface area contributed by atoms with E-state index in [4.69, 9.17) is 14.3 Å². The maximum absolute atomic E-state index is 8.87. The summed E-state index contributed by atoms with van der Waals surface area (Å²) in [5.74, 6) is 0. The van der Waals surface area contributed by atoms with Gasteiger partial charge in [-0.2, -0.15) is 0 Å². The first kappa shape index (κ1) is 10.2. The van der Waals surface area contributed by atoms with Crippen LogP contribution in [0.25, 0.3) is 0 Å². The van der Waals surface area contributed by atoms with Crippen LogP contribution in [0.15, 0.2) is 0 Å². The van der Waals surface area contributed by atoms with E-state index in [-0.39, 0.29) is 27.3 Å². The summed E-state index contributed by atoms with van der Waals surface area (Å²) in [4.78, 5) is 0. The van der Waals surface area contributed by atoms with Gasteiger partial charge in [0, 0.05) is 27.3 Å². The van der Waals surface area contributed by atoms with Gasteiger partial charge in [0.15, 0.2) is 0 Å². The van der Waals surface area contributed by atoms with Gasteiger partial charge in [-0.1, -0.05) is 0 Å². The summed E-state index contributed by atoms with van der Waals surface area (Å²) in [7, 11) is 0. The molecule has 0 aromatic rings. The first-order valence-electron chi connectivity index (χ1n) is 0.698. The van der Waals surface area contributed by atoms with Crippen LogP contribution in [0, 0.1) is 0 Å². The van der Waals surface area contributed by atoms with Crippen LogP contribution in [-0.2, 0) is 50.8 Å². The van der Waals surface area contributed by atoms with Crippen LogP contribution < -0.4 is 0 Å². The molecule has 0 aliphatic rings. The van der Waals surface area contributed by atoms with Gasteiger partial charge in [-0.05, 0) is 0 Å². The van der Waals surface area contributed by atoms with Crippen molar-refractivity contribution in [2.24, 2.45) is 0 Å². The van der Waals surface area contributed by atoms with E-state index in [1.165, 1.54) is 0 Å². The van der Waals surface area contributed by atoms with Gasteiger partial charge in [0.25, 0.3) is 0 Å². The molecule has 0 radical (unpaired) electrons. The Balaban J connectivity index is 0. The van der Waals surface area contributed by atoms with E-state index in [0.717, 1.165) is 0 Å². The summed E-state index contributed by atoms with van der Waals surface area (Å²) < 4.78 is 32.1. The first-order chi connectivity index (χ1) is 2.00. The van der Waals surface area contributed by atoms with Crippen LogP contribution in [0.4, 0.5) is 0 Å². The van der Waals surface area contributed by atoms with Crippen LogP contribution >= 0.6 is 0 Å². The predicted octanol–water partition coefficient (Wildman–Crippen LogP) is -1.36. The van der Waals surface area contributed by atoms with Crippen molar-refractivity contribution in [3.63, 3.8) is 0 Å². The summed E-state index contributed by atoms with van der Waals surface area (Å²) >= 11 is -5.67. The van der Waals surface area contributed by atoms with Crippen molar-refractivity contribution >= 4 is 0 Å². The molecule has 0 saturated heterocycles. The number of rotatable bonds is 0. The van der Waals surface area contributed by atoms with E-state index in [1.807, 2.05) is 0 Å². The molecule has 0 atom stereocenters. The van der Waals surface area contributed by atoms with Gasteiger partial charge < -0.3 is 0 Å². The molecule has 0 bridgehead atoms. The van der Waals surface area contributed by atoms with Crippen LogP contribution in [-0.4, -0.2) is 7.52 Å². The Hall–Kier alpha value is 1.13. The average Bonchev–Trinajstić information content (AvgIpc) is 0.722. The first-order valence-corrected chi connectivity index (χ1v) is 5.72. The molecule has 0 rings (SSSR count). The molecule has 6 heteroatoms. The minimum atomic E-state index is -5.67. The van der Waals surface area contributed by atoms with Gasteiger partial charge in [0.1, 0.15) is 0 Å². The Bertz CT molecular complexity index is 90.7. The fraction of sp³-hybridized carbons (Fsp3) is 0. The molecular weight excluding hydrogens is 360 g/mol. The summed E-state index contributed by atoms with van der Waals surface area (Å²) in [6.07, 6.45) is 0. The molecule has 0 unspecified atom stereocenters. The second-order valence-electron chi connectivity index (χ2n) is 0.448. The molecule has 4 nitrogen and oxygen atoms in total. The second kappa shape index (κ2) is 3.17. The molecule has 0 fully saturated rings. The molecule has 0 amide bonds. The van der Waals surface area contributed by atoms with Crippen molar-refractivity contribution in [2.45, 2.75) is 0 Å². The molecule has 0 aromatic carbocycles. The third-order valence-corrected chi connectivity index (χ3v) is 0. The molecule has 0 aliphatic heterocycles. The van der Waals surface area contributed by atoms with Gasteiger partial charge in [0.05, 0.1) is 0 Å². The van der Waals surface area contributed by atoms with Crippen molar-refractivity contribution in [3.8, 4) is 0 Å². The zero-order valence-corrected chi connectivity index (χ0v) is 9.80. The summed E-state index contributed by atoms with van der Waals surface area (Å²) in [5.41, 5.74) is 0. The molecule has 2 N–H and O–H groups in total. The third kappa shape index (κ3) is 68.5. The Morgan fingerprint density at radius 1 is 1.17 bits per heavy atom. The normalized spacial score (nSPS) is 9.67. The van der Waals surface area contributed by atoms with Gasteiger partial charge >= 0.3 is 31.1 Å². The van der Waals surface area contributed by atoms with Gasteiger partial charge in [-0.15, -0.1) is 0 Å². The van der Waals surface area contributed by atoms with Gasteiger partial charge in [-0.3, -0.25) is 0 Å². The van der Waals surface area contributed by atoms with Crippen molar-refractivity contribution in [3.05, 3.63) is 0 Å². The Labute approximate surface area is 58.1 Å². The van der Waals surface area contributed by atoms with Gasteiger partial charge in [0.2, 0.25) is 0 Å². The zero-order chi connectivity index (χ0) is 4.50. The topological polar surface area (TPSA) is 74.6 Å². The molecule has 0 spiro atoms. The monoisotopic (exact) mass is 364 g/mol. The van der Waals surface area contributed by atoms with Crippen LogP contribution in [0.5, 0.6) is 0 Å².